The molecule has 1 unspecified atom stereocenters. The summed E-state index contributed by atoms with van der Waals surface area (Å²) in [6.45, 7) is 3.83. The van der Waals surface area contributed by atoms with Gasteiger partial charge in [-0.3, -0.25) is 4.79 Å². The topological polar surface area (TPSA) is 42.2 Å². The van der Waals surface area contributed by atoms with Gasteiger partial charge in [-0.15, -0.1) is 23.5 Å². The summed E-state index contributed by atoms with van der Waals surface area (Å²) < 4.78 is 6.06. The van der Waals surface area contributed by atoms with Crippen molar-refractivity contribution >= 4 is 29.4 Å². The third-order valence-electron chi connectivity index (χ3n) is 3.60. The molecule has 1 amide bonds. The SMILES string of the molecule is Cc1ccc(C(C)NC(=O)c2ccc(C3SCCS3)cc2)o1. The number of rotatable bonds is 4. The zero-order chi connectivity index (χ0) is 15.5. The lowest BCUT2D eigenvalue weighted by Crippen LogP contribution is -2.26. The standard InChI is InChI=1S/C17H19NO2S2/c1-11-3-8-15(20-11)12(2)18-16(19)13-4-6-14(7-5-13)17-21-9-10-22-17/h3-8,12,17H,9-10H2,1-2H3,(H,18,19). The summed E-state index contributed by atoms with van der Waals surface area (Å²) in [4.78, 5) is 12.3. The van der Waals surface area contributed by atoms with Crippen LogP contribution in [0.5, 0.6) is 0 Å². The number of thioether (sulfide) groups is 2. The number of furan rings is 1. The summed E-state index contributed by atoms with van der Waals surface area (Å²) in [7, 11) is 0. The second-order valence-corrected chi connectivity index (χ2v) is 8.06. The zero-order valence-electron chi connectivity index (χ0n) is 12.7. The van der Waals surface area contributed by atoms with E-state index in [1.165, 1.54) is 17.1 Å². The number of carbonyl (C=O) groups is 1. The fraction of sp³-hybridized carbons (Fsp3) is 0.353. The van der Waals surface area contributed by atoms with Gasteiger partial charge < -0.3 is 9.73 Å². The molecule has 1 saturated heterocycles. The zero-order valence-corrected chi connectivity index (χ0v) is 14.3. The fourth-order valence-corrected chi connectivity index (χ4v) is 5.24. The first kappa shape index (κ1) is 15.6. The maximum atomic E-state index is 12.3. The van der Waals surface area contributed by atoms with Crippen molar-refractivity contribution in [1.82, 2.24) is 5.32 Å². The Balaban J connectivity index is 1.64. The monoisotopic (exact) mass is 333 g/mol. The van der Waals surface area contributed by atoms with Crippen LogP contribution >= 0.6 is 23.5 Å². The molecule has 1 aromatic carbocycles. The maximum Gasteiger partial charge on any atom is 0.251 e. The van der Waals surface area contributed by atoms with Gasteiger partial charge in [-0.2, -0.15) is 0 Å². The Morgan fingerprint density at radius 1 is 1.18 bits per heavy atom. The van der Waals surface area contributed by atoms with Crippen molar-refractivity contribution in [3.63, 3.8) is 0 Å². The maximum absolute atomic E-state index is 12.3. The molecule has 1 atom stereocenters. The van der Waals surface area contributed by atoms with E-state index in [2.05, 4.69) is 17.4 Å². The van der Waals surface area contributed by atoms with E-state index < -0.39 is 0 Å². The van der Waals surface area contributed by atoms with Crippen molar-refractivity contribution in [2.45, 2.75) is 24.5 Å². The van der Waals surface area contributed by atoms with Crippen LogP contribution in [0.3, 0.4) is 0 Å². The normalized spacial score (nSPS) is 16.6. The summed E-state index contributed by atoms with van der Waals surface area (Å²) in [5.41, 5.74) is 1.98. The number of aryl methyl sites for hydroxylation is 1. The molecular formula is C17H19NO2S2. The van der Waals surface area contributed by atoms with E-state index in [1.54, 1.807) is 0 Å². The molecule has 3 rings (SSSR count). The molecule has 2 aromatic rings. The molecule has 0 bridgehead atoms. The Morgan fingerprint density at radius 3 is 2.45 bits per heavy atom. The van der Waals surface area contributed by atoms with Crippen LogP contribution < -0.4 is 5.32 Å². The Morgan fingerprint density at radius 2 is 1.86 bits per heavy atom. The van der Waals surface area contributed by atoms with E-state index in [1.807, 2.05) is 61.6 Å². The van der Waals surface area contributed by atoms with Crippen LogP contribution in [-0.4, -0.2) is 17.4 Å². The second kappa shape index (κ2) is 6.84. The van der Waals surface area contributed by atoms with Gasteiger partial charge in [0.05, 0.1) is 10.6 Å². The van der Waals surface area contributed by atoms with Gasteiger partial charge in [-0.25, -0.2) is 0 Å². The van der Waals surface area contributed by atoms with Crippen molar-refractivity contribution in [3.8, 4) is 0 Å². The largest absolute Gasteiger partial charge is 0.464 e. The van der Waals surface area contributed by atoms with Gasteiger partial charge in [0.25, 0.3) is 5.91 Å². The van der Waals surface area contributed by atoms with Crippen LogP contribution in [0.1, 0.15) is 45.0 Å². The van der Waals surface area contributed by atoms with E-state index in [0.717, 1.165) is 11.5 Å². The molecule has 3 nitrogen and oxygen atoms in total. The van der Waals surface area contributed by atoms with Gasteiger partial charge in [-0.05, 0) is 43.7 Å². The third-order valence-corrected chi connectivity index (χ3v) is 6.71. The van der Waals surface area contributed by atoms with Crippen molar-refractivity contribution in [1.29, 1.82) is 0 Å². The fourth-order valence-electron chi connectivity index (χ4n) is 2.38. The molecule has 1 aromatic heterocycles. The first-order chi connectivity index (χ1) is 10.6. The highest BCUT2D eigenvalue weighted by atomic mass is 32.2. The smallest absolute Gasteiger partial charge is 0.251 e. The van der Waals surface area contributed by atoms with E-state index >= 15 is 0 Å². The Hall–Kier alpha value is -1.33. The molecule has 0 spiro atoms. The molecule has 2 heterocycles. The third kappa shape index (κ3) is 3.52. The molecule has 116 valence electrons. The molecule has 1 aliphatic heterocycles. The number of hydrogen-bond donors (Lipinski definition) is 1. The lowest BCUT2D eigenvalue weighted by Gasteiger charge is -2.13. The average molecular weight is 333 g/mol. The van der Waals surface area contributed by atoms with E-state index in [9.17, 15) is 4.79 Å². The molecule has 1 N–H and O–H groups in total. The Kier molecular flexibility index (Phi) is 4.84. The average Bonchev–Trinajstić information content (AvgIpc) is 3.18. The van der Waals surface area contributed by atoms with Gasteiger partial charge in [0.1, 0.15) is 11.5 Å². The lowest BCUT2D eigenvalue weighted by atomic mass is 10.1. The summed E-state index contributed by atoms with van der Waals surface area (Å²) in [6, 6.07) is 11.6. The van der Waals surface area contributed by atoms with Crippen LogP contribution in [-0.2, 0) is 0 Å². The van der Waals surface area contributed by atoms with Gasteiger partial charge in [0, 0.05) is 17.1 Å². The number of carbonyl (C=O) groups excluding carboxylic acids is 1. The molecule has 5 heteroatoms. The van der Waals surface area contributed by atoms with Crippen molar-refractivity contribution in [3.05, 3.63) is 59.0 Å². The van der Waals surface area contributed by atoms with E-state index in [-0.39, 0.29) is 11.9 Å². The minimum Gasteiger partial charge on any atom is -0.464 e. The van der Waals surface area contributed by atoms with Gasteiger partial charge in [0.15, 0.2) is 0 Å². The molecule has 0 radical (unpaired) electrons. The first-order valence-electron chi connectivity index (χ1n) is 7.34. The molecule has 0 aliphatic carbocycles. The summed E-state index contributed by atoms with van der Waals surface area (Å²) in [6.07, 6.45) is 0. The highest BCUT2D eigenvalue weighted by molar-refractivity contribution is 8.19. The number of benzene rings is 1. The molecule has 1 aliphatic rings. The minimum atomic E-state index is -0.137. The second-order valence-electron chi connectivity index (χ2n) is 5.34. The van der Waals surface area contributed by atoms with Crippen LogP contribution in [0.15, 0.2) is 40.8 Å². The predicted octanol–water partition coefficient (Wildman–Crippen LogP) is 4.56. The highest BCUT2D eigenvalue weighted by Crippen LogP contribution is 2.45. The molecule has 0 saturated carbocycles. The Labute approximate surface area is 139 Å². The van der Waals surface area contributed by atoms with Gasteiger partial charge >= 0.3 is 0 Å². The summed E-state index contributed by atoms with van der Waals surface area (Å²) in [5.74, 6) is 3.98. The van der Waals surface area contributed by atoms with Gasteiger partial charge in [0.2, 0.25) is 0 Å². The van der Waals surface area contributed by atoms with Crippen molar-refractivity contribution in [2.75, 3.05) is 11.5 Å². The number of hydrogen-bond acceptors (Lipinski definition) is 4. The van der Waals surface area contributed by atoms with Crippen molar-refractivity contribution in [2.24, 2.45) is 0 Å². The van der Waals surface area contributed by atoms with Crippen LogP contribution in [0.4, 0.5) is 0 Å². The first-order valence-corrected chi connectivity index (χ1v) is 9.43. The lowest BCUT2D eigenvalue weighted by molar-refractivity contribution is 0.0935. The Bertz CT molecular complexity index is 645. The van der Waals surface area contributed by atoms with Crippen LogP contribution in [0.2, 0.25) is 0 Å². The number of amides is 1. The number of nitrogens with one attached hydrogen (secondary N) is 1. The highest BCUT2D eigenvalue weighted by Gasteiger charge is 2.19. The minimum absolute atomic E-state index is 0.0696. The summed E-state index contributed by atoms with van der Waals surface area (Å²) >= 11 is 3.94. The van der Waals surface area contributed by atoms with Crippen molar-refractivity contribution < 1.29 is 9.21 Å². The molecule has 22 heavy (non-hydrogen) atoms. The van der Waals surface area contributed by atoms with Crippen LogP contribution in [0, 0.1) is 6.92 Å². The van der Waals surface area contributed by atoms with E-state index in [0.29, 0.717) is 10.1 Å². The quantitative estimate of drug-likeness (QED) is 0.891. The molecule has 1 fully saturated rings. The predicted molar refractivity (Wildman–Crippen MR) is 93.4 cm³/mol. The van der Waals surface area contributed by atoms with Gasteiger partial charge in [-0.1, -0.05) is 12.1 Å². The van der Waals surface area contributed by atoms with Crippen LogP contribution in [0.25, 0.3) is 0 Å². The van der Waals surface area contributed by atoms with E-state index in [4.69, 9.17) is 4.42 Å². The molecular weight excluding hydrogens is 314 g/mol. The summed E-state index contributed by atoms with van der Waals surface area (Å²) in [5, 5.41) is 2.97.